The molecule has 0 unspecified atom stereocenters. The summed E-state index contributed by atoms with van der Waals surface area (Å²) in [5.41, 5.74) is 0.0553. The van der Waals surface area contributed by atoms with Gasteiger partial charge < -0.3 is 10.0 Å². The van der Waals surface area contributed by atoms with Crippen LogP contribution in [0.15, 0.2) is 22.7 Å². The van der Waals surface area contributed by atoms with E-state index in [9.17, 15) is 9.18 Å². The number of carbonyl (C=O) groups is 1. The lowest BCUT2D eigenvalue weighted by molar-refractivity contribution is 0.0673. The molecule has 1 N–H and O–H groups in total. The fourth-order valence-electron chi connectivity index (χ4n) is 2.11. The third kappa shape index (κ3) is 2.50. The third-order valence-corrected chi connectivity index (χ3v) is 3.50. The van der Waals surface area contributed by atoms with Crippen molar-refractivity contribution in [2.75, 3.05) is 13.2 Å². The van der Waals surface area contributed by atoms with Gasteiger partial charge in [-0.1, -0.05) is 15.9 Å². The number of halogens is 2. The Morgan fingerprint density at radius 2 is 2.35 bits per heavy atom. The molecule has 1 aromatic carbocycles. The highest BCUT2D eigenvalue weighted by Crippen LogP contribution is 2.23. The quantitative estimate of drug-likeness (QED) is 0.910. The van der Waals surface area contributed by atoms with E-state index < -0.39 is 5.82 Å². The second-order valence-corrected chi connectivity index (χ2v) is 5.02. The Kier molecular flexibility index (Phi) is 3.79. The smallest absolute Gasteiger partial charge is 0.257 e. The van der Waals surface area contributed by atoms with Crippen LogP contribution in [0.4, 0.5) is 4.39 Å². The monoisotopic (exact) mass is 301 g/mol. The molecule has 0 saturated carbocycles. The summed E-state index contributed by atoms with van der Waals surface area (Å²) in [6.07, 6.45) is 1.63. The van der Waals surface area contributed by atoms with Crippen LogP contribution < -0.4 is 0 Å². The number of benzene rings is 1. The zero-order chi connectivity index (χ0) is 12.4. The van der Waals surface area contributed by atoms with E-state index in [2.05, 4.69) is 15.9 Å². The van der Waals surface area contributed by atoms with E-state index in [-0.39, 0.29) is 24.1 Å². The Hall–Kier alpha value is -0.940. The van der Waals surface area contributed by atoms with Crippen LogP contribution in [0.2, 0.25) is 0 Å². The van der Waals surface area contributed by atoms with Gasteiger partial charge in [-0.2, -0.15) is 0 Å². The molecule has 2 rings (SSSR count). The zero-order valence-electron chi connectivity index (χ0n) is 9.20. The molecular weight excluding hydrogens is 289 g/mol. The third-order valence-electron chi connectivity index (χ3n) is 3.01. The number of carbonyl (C=O) groups excluding carboxylic acids is 1. The van der Waals surface area contributed by atoms with Crippen molar-refractivity contribution in [3.05, 3.63) is 34.1 Å². The number of nitrogens with zero attached hydrogens (tertiary/aromatic N) is 1. The summed E-state index contributed by atoms with van der Waals surface area (Å²) in [5.74, 6) is -0.873. The molecule has 0 radical (unpaired) electrons. The molecule has 1 saturated heterocycles. The second-order valence-electron chi connectivity index (χ2n) is 4.10. The average Bonchev–Trinajstić information content (AvgIpc) is 2.79. The van der Waals surface area contributed by atoms with E-state index in [1.165, 1.54) is 12.1 Å². The molecule has 5 heteroatoms. The second kappa shape index (κ2) is 5.14. The first-order chi connectivity index (χ1) is 8.13. The van der Waals surface area contributed by atoms with Crippen LogP contribution in [0, 0.1) is 5.82 Å². The van der Waals surface area contributed by atoms with Gasteiger partial charge in [0.2, 0.25) is 0 Å². The van der Waals surface area contributed by atoms with Crippen LogP contribution in [0.5, 0.6) is 0 Å². The zero-order valence-corrected chi connectivity index (χ0v) is 10.8. The lowest BCUT2D eigenvalue weighted by atomic mass is 10.1. The minimum absolute atomic E-state index is 0.0553. The van der Waals surface area contributed by atoms with Gasteiger partial charge in [0.15, 0.2) is 0 Å². The predicted octanol–water partition coefficient (Wildman–Crippen LogP) is 2.19. The maximum Gasteiger partial charge on any atom is 0.257 e. The van der Waals surface area contributed by atoms with E-state index >= 15 is 0 Å². The Bertz CT molecular complexity index is 439. The first-order valence-corrected chi connectivity index (χ1v) is 6.29. The molecule has 17 heavy (non-hydrogen) atoms. The van der Waals surface area contributed by atoms with Gasteiger partial charge in [0, 0.05) is 11.0 Å². The number of rotatable bonds is 2. The van der Waals surface area contributed by atoms with E-state index in [1.807, 2.05) is 0 Å². The van der Waals surface area contributed by atoms with Gasteiger partial charge in [-0.3, -0.25) is 4.79 Å². The summed E-state index contributed by atoms with van der Waals surface area (Å²) >= 11 is 3.22. The minimum Gasteiger partial charge on any atom is -0.394 e. The number of amides is 1. The van der Waals surface area contributed by atoms with Crippen molar-refractivity contribution in [2.24, 2.45) is 0 Å². The van der Waals surface area contributed by atoms with Crippen molar-refractivity contribution in [2.45, 2.75) is 18.9 Å². The van der Waals surface area contributed by atoms with Gasteiger partial charge in [-0.25, -0.2) is 4.39 Å². The van der Waals surface area contributed by atoms with Crippen molar-refractivity contribution >= 4 is 21.8 Å². The van der Waals surface area contributed by atoms with Crippen LogP contribution >= 0.6 is 15.9 Å². The van der Waals surface area contributed by atoms with Gasteiger partial charge in [0.25, 0.3) is 5.91 Å². The molecule has 92 valence electrons. The van der Waals surface area contributed by atoms with E-state index in [0.717, 1.165) is 12.8 Å². The van der Waals surface area contributed by atoms with Crippen LogP contribution in [0.25, 0.3) is 0 Å². The lowest BCUT2D eigenvalue weighted by Crippen LogP contribution is -2.38. The van der Waals surface area contributed by atoms with E-state index in [4.69, 9.17) is 5.11 Å². The Morgan fingerprint density at radius 1 is 1.59 bits per heavy atom. The van der Waals surface area contributed by atoms with Gasteiger partial charge in [-0.05, 0) is 31.0 Å². The van der Waals surface area contributed by atoms with E-state index in [0.29, 0.717) is 11.0 Å². The molecule has 0 aliphatic carbocycles. The molecule has 1 aliphatic heterocycles. The molecule has 3 nitrogen and oxygen atoms in total. The fourth-order valence-corrected chi connectivity index (χ4v) is 2.47. The van der Waals surface area contributed by atoms with Crippen LogP contribution in [0.1, 0.15) is 23.2 Å². The van der Waals surface area contributed by atoms with Crippen LogP contribution in [0.3, 0.4) is 0 Å². The summed E-state index contributed by atoms with van der Waals surface area (Å²) in [4.78, 5) is 13.7. The summed E-state index contributed by atoms with van der Waals surface area (Å²) in [6, 6.07) is 4.12. The first kappa shape index (κ1) is 12.5. The number of hydrogen-bond acceptors (Lipinski definition) is 2. The summed E-state index contributed by atoms with van der Waals surface area (Å²) in [5, 5.41) is 9.16. The number of hydrogen-bond donors (Lipinski definition) is 1. The molecule has 0 aromatic heterocycles. The summed E-state index contributed by atoms with van der Waals surface area (Å²) in [6.45, 7) is 0.511. The van der Waals surface area contributed by atoms with Gasteiger partial charge in [0.05, 0.1) is 18.2 Å². The van der Waals surface area contributed by atoms with Crippen LogP contribution in [-0.4, -0.2) is 35.1 Å². The maximum absolute atomic E-state index is 13.6. The molecule has 1 amide bonds. The van der Waals surface area contributed by atoms with Crippen molar-refractivity contribution in [1.29, 1.82) is 0 Å². The lowest BCUT2D eigenvalue weighted by Gasteiger charge is -2.23. The fraction of sp³-hybridized carbons (Fsp3) is 0.417. The summed E-state index contributed by atoms with van der Waals surface area (Å²) in [7, 11) is 0. The minimum atomic E-state index is -0.526. The molecule has 0 bridgehead atoms. The molecular formula is C12H13BrFNO2. The predicted molar refractivity (Wildman–Crippen MR) is 65.2 cm³/mol. The SMILES string of the molecule is O=C(c1cc(Br)ccc1F)N1CCC[C@@H]1CO. The number of aliphatic hydroxyl groups is 1. The average molecular weight is 302 g/mol. The Labute approximate surface area is 107 Å². The van der Waals surface area contributed by atoms with E-state index in [1.54, 1.807) is 11.0 Å². The van der Waals surface area contributed by atoms with Crippen LogP contribution in [-0.2, 0) is 0 Å². The van der Waals surface area contributed by atoms with Crippen molar-refractivity contribution in [1.82, 2.24) is 4.90 Å². The standard InChI is InChI=1S/C12H13BrFNO2/c13-8-3-4-11(14)10(6-8)12(17)15-5-1-2-9(15)7-16/h3-4,6,9,16H,1-2,5,7H2/t9-/m1/s1. The normalized spacial score (nSPS) is 19.7. The maximum atomic E-state index is 13.6. The van der Waals surface area contributed by atoms with Crippen molar-refractivity contribution in [3.63, 3.8) is 0 Å². The van der Waals surface area contributed by atoms with Crippen molar-refractivity contribution < 1.29 is 14.3 Å². The van der Waals surface area contributed by atoms with Gasteiger partial charge >= 0.3 is 0 Å². The topological polar surface area (TPSA) is 40.5 Å². The highest BCUT2D eigenvalue weighted by molar-refractivity contribution is 9.10. The molecule has 0 spiro atoms. The van der Waals surface area contributed by atoms with Gasteiger partial charge in [-0.15, -0.1) is 0 Å². The molecule has 1 aromatic rings. The molecule has 1 aliphatic rings. The largest absolute Gasteiger partial charge is 0.394 e. The van der Waals surface area contributed by atoms with Gasteiger partial charge in [0.1, 0.15) is 5.82 Å². The number of aliphatic hydroxyl groups excluding tert-OH is 1. The van der Waals surface area contributed by atoms with Crippen molar-refractivity contribution in [3.8, 4) is 0 Å². The number of likely N-dealkylation sites (tertiary alicyclic amines) is 1. The highest BCUT2D eigenvalue weighted by atomic mass is 79.9. The Morgan fingerprint density at radius 3 is 3.06 bits per heavy atom. The highest BCUT2D eigenvalue weighted by Gasteiger charge is 2.30. The first-order valence-electron chi connectivity index (χ1n) is 5.50. The molecule has 1 fully saturated rings. The molecule has 1 heterocycles. The Balaban J connectivity index is 2.27. The summed E-state index contributed by atoms with van der Waals surface area (Å²) < 4.78 is 14.2. The molecule has 1 atom stereocenters.